The van der Waals surface area contributed by atoms with E-state index in [0.717, 1.165) is 32.2 Å². The van der Waals surface area contributed by atoms with Gasteiger partial charge < -0.3 is 5.32 Å². The zero-order valence-corrected chi connectivity index (χ0v) is 12.9. The minimum absolute atomic E-state index is 0.679. The third-order valence-corrected chi connectivity index (χ3v) is 5.23. The fraction of sp³-hybridized carbons (Fsp3) is 0.385. The molecule has 1 aromatic carbocycles. The van der Waals surface area contributed by atoms with Crippen molar-refractivity contribution in [3.8, 4) is 0 Å². The number of hydrogen-bond acceptors (Lipinski definition) is 5. The van der Waals surface area contributed by atoms with Crippen LogP contribution in [0, 0.1) is 6.92 Å². The van der Waals surface area contributed by atoms with Gasteiger partial charge in [0.05, 0.1) is 0 Å². The van der Waals surface area contributed by atoms with Crippen LogP contribution in [-0.4, -0.2) is 15.4 Å². The summed E-state index contributed by atoms with van der Waals surface area (Å²) in [6.07, 6.45) is 2.56. The van der Waals surface area contributed by atoms with E-state index in [0.29, 0.717) is 6.04 Å². The molecule has 0 atom stereocenters. The van der Waals surface area contributed by atoms with Crippen molar-refractivity contribution in [1.82, 2.24) is 14.7 Å². The van der Waals surface area contributed by atoms with Crippen LogP contribution in [0.1, 0.15) is 24.2 Å². The van der Waals surface area contributed by atoms with Gasteiger partial charge in [-0.15, -0.1) is 0 Å². The predicted molar refractivity (Wildman–Crippen MR) is 80.1 cm³/mol. The number of nitrogens with zero attached hydrogens (tertiary/aromatic N) is 2. The topological polar surface area (TPSA) is 37.8 Å². The minimum atomic E-state index is 0.679. The van der Waals surface area contributed by atoms with Crippen LogP contribution in [0.5, 0.6) is 0 Å². The molecule has 3 rings (SSSR count). The third-order valence-electron chi connectivity index (χ3n) is 2.93. The first kappa shape index (κ1) is 13.4. The Hall–Kier alpha value is -0.620. The first-order valence-electron chi connectivity index (χ1n) is 6.21. The van der Waals surface area contributed by atoms with Gasteiger partial charge in [0.25, 0.3) is 0 Å². The second-order valence-corrected chi connectivity index (χ2v) is 7.03. The van der Waals surface area contributed by atoms with Crippen LogP contribution in [-0.2, 0) is 6.54 Å². The standard InChI is InChI=1S/C13H14ClN3S2/c1-8-16-13(19-17-8)18-12-4-2-3-11(14)10(12)7-15-9-5-6-9/h2-4,9,15H,5-7H2,1H3. The number of aromatic nitrogens is 2. The van der Waals surface area contributed by atoms with Gasteiger partial charge in [0.2, 0.25) is 0 Å². The molecule has 0 spiro atoms. The van der Waals surface area contributed by atoms with Gasteiger partial charge in [-0.2, -0.15) is 4.37 Å². The van der Waals surface area contributed by atoms with Crippen molar-refractivity contribution in [2.45, 2.75) is 41.6 Å². The molecular weight excluding hydrogens is 298 g/mol. The van der Waals surface area contributed by atoms with Gasteiger partial charge in [-0.25, -0.2) is 4.98 Å². The maximum atomic E-state index is 6.32. The zero-order chi connectivity index (χ0) is 13.2. The SMILES string of the molecule is Cc1nsc(Sc2cccc(Cl)c2CNC2CC2)n1. The molecule has 0 amide bonds. The highest BCUT2D eigenvalue weighted by molar-refractivity contribution is 8.01. The Kier molecular flexibility index (Phi) is 4.07. The number of nitrogens with one attached hydrogen (secondary N) is 1. The second-order valence-electron chi connectivity index (χ2n) is 4.58. The van der Waals surface area contributed by atoms with Crippen LogP contribution in [0.25, 0.3) is 0 Å². The van der Waals surface area contributed by atoms with E-state index in [1.54, 1.807) is 11.8 Å². The quantitative estimate of drug-likeness (QED) is 0.908. The van der Waals surface area contributed by atoms with Crippen LogP contribution in [0.4, 0.5) is 0 Å². The summed E-state index contributed by atoms with van der Waals surface area (Å²) in [7, 11) is 0. The maximum Gasteiger partial charge on any atom is 0.174 e. The van der Waals surface area contributed by atoms with E-state index in [1.165, 1.54) is 24.4 Å². The van der Waals surface area contributed by atoms with Crippen LogP contribution >= 0.6 is 34.9 Å². The molecule has 1 saturated carbocycles. The Bertz CT molecular complexity index is 581. The summed E-state index contributed by atoms with van der Waals surface area (Å²) in [5, 5.41) is 4.33. The van der Waals surface area contributed by atoms with Crippen molar-refractivity contribution in [1.29, 1.82) is 0 Å². The smallest absolute Gasteiger partial charge is 0.174 e. The minimum Gasteiger partial charge on any atom is -0.310 e. The lowest BCUT2D eigenvalue weighted by molar-refractivity contribution is 0.680. The third kappa shape index (κ3) is 3.48. The summed E-state index contributed by atoms with van der Waals surface area (Å²) in [5.41, 5.74) is 1.16. The van der Waals surface area contributed by atoms with E-state index in [-0.39, 0.29) is 0 Å². The Morgan fingerprint density at radius 1 is 1.47 bits per heavy atom. The molecule has 2 aromatic rings. The number of hydrogen-bond donors (Lipinski definition) is 1. The van der Waals surface area contributed by atoms with E-state index >= 15 is 0 Å². The van der Waals surface area contributed by atoms with Crippen molar-refractivity contribution in [2.75, 3.05) is 0 Å². The number of aryl methyl sites for hydroxylation is 1. The largest absolute Gasteiger partial charge is 0.310 e. The number of benzene rings is 1. The Morgan fingerprint density at radius 2 is 2.32 bits per heavy atom. The fourth-order valence-corrected chi connectivity index (χ4v) is 3.82. The highest BCUT2D eigenvalue weighted by atomic mass is 35.5. The lowest BCUT2D eigenvalue weighted by Gasteiger charge is -2.10. The highest BCUT2D eigenvalue weighted by Gasteiger charge is 2.21. The second kappa shape index (κ2) is 5.79. The summed E-state index contributed by atoms with van der Waals surface area (Å²) in [6.45, 7) is 2.73. The van der Waals surface area contributed by atoms with Gasteiger partial charge in [0.15, 0.2) is 4.34 Å². The van der Waals surface area contributed by atoms with Crippen molar-refractivity contribution in [3.05, 3.63) is 34.6 Å². The van der Waals surface area contributed by atoms with Gasteiger partial charge >= 0.3 is 0 Å². The molecular formula is C13H14ClN3S2. The molecule has 0 aliphatic heterocycles. The average molecular weight is 312 g/mol. The van der Waals surface area contributed by atoms with E-state index in [4.69, 9.17) is 11.6 Å². The number of halogens is 1. The molecule has 3 nitrogen and oxygen atoms in total. The van der Waals surface area contributed by atoms with Gasteiger partial charge in [-0.3, -0.25) is 0 Å². The van der Waals surface area contributed by atoms with E-state index in [9.17, 15) is 0 Å². The fourth-order valence-electron chi connectivity index (χ4n) is 1.75. The Balaban J connectivity index is 1.80. The van der Waals surface area contributed by atoms with Gasteiger partial charge in [-0.1, -0.05) is 29.4 Å². The van der Waals surface area contributed by atoms with Crippen molar-refractivity contribution < 1.29 is 0 Å². The van der Waals surface area contributed by atoms with Crippen molar-refractivity contribution in [2.24, 2.45) is 0 Å². The van der Waals surface area contributed by atoms with E-state index in [2.05, 4.69) is 20.7 Å². The van der Waals surface area contributed by atoms with Crippen molar-refractivity contribution >= 4 is 34.9 Å². The van der Waals surface area contributed by atoms with Gasteiger partial charge in [0.1, 0.15) is 5.82 Å². The summed E-state index contributed by atoms with van der Waals surface area (Å²) in [6, 6.07) is 6.70. The van der Waals surface area contributed by atoms with E-state index in [1.807, 2.05) is 19.1 Å². The first-order valence-corrected chi connectivity index (χ1v) is 8.18. The molecule has 1 fully saturated rings. The van der Waals surface area contributed by atoms with Crippen LogP contribution in [0.3, 0.4) is 0 Å². The van der Waals surface area contributed by atoms with E-state index < -0.39 is 0 Å². The molecule has 0 unspecified atom stereocenters. The van der Waals surface area contributed by atoms with Crippen molar-refractivity contribution in [3.63, 3.8) is 0 Å². The molecule has 6 heteroatoms. The van der Waals surface area contributed by atoms with Crippen LogP contribution < -0.4 is 5.32 Å². The molecule has 0 radical (unpaired) electrons. The Labute approximate surface area is 126 Å². The molecule has 1 aliphatic carbocycles. The summed E-state index contributed by atoms with van der Waals surface area (Å²) < 4.78 is 5.18. The molecule has 0 saturated heterocycles. The summed E-state index contributed by atoms with van der Waals surface area (Å²) >= 11 is 9.39. The molecule has 1 N–H and O–H groups in total. The Morgan fingerprint density at radius 3 is 3.00 bits per heavy atom. The summed E-state index contributed by atoms with van der Waals surface area (Å²) in [5.74, 6) is 0.826. The van der Waals surface area contributed by atoms with Crippen LogP contribution in [0.15, 0.2) is 27.4 Å². The molecule has 1 aliphatic rings. The normalized spacial score (nSPS) is 14.8. The number of rotatable bonds is 5. The molecule has 19 heavy (non-hydrogen) atoms. The average Bonchev–Trinajstić information content (AvgIpc) is 3.12. The predicted octanol–water partition coefficient (Wildman–Crippen LogP) is 3.90. The molecule has 1 heterocycles. The van der Waals surface area contributed by atoms with Gasteiger partial charge in [-0.05, 0) is 49.0 Å². The molecule has 100 valence electrons. The monoisotopic (exact) mass is 311 g/mol. The van der Waals surface area contributed by atoms with Gasteiger partial charge in [0, 0.05) is 22.5 Å². The zero-order valence-electron chi connectivity index (χ0n) is 10.5. The lowest BCUT2D eigenvalue weighted by atomic mass is 10.2. The summed E-state index contributed by atoms with van der Waals surface area (Å²) in [4.78, 5) is 5.55. The maximum absolute atomic E-state index is 6.32. The molecule has 0 bridgehead atoms. The first-order chi connectivity index (χ1) is 9.22. The highest BCUT2D eigenvalue weighted by Crippen LogP contribution is 2.35. The van der Waals surface area contributed by atoms with Crippen LogP contribution in [0.2, 0.25) is 5.02 Å². The molecule has 1 aromatic heterocycles. The lowest BCUT2D eigenvalue weighted by Crippen LogP contribution is -2.16.